The first-order valence-electron chi connectivity index (χ1n) is 8.20. The maximum Gasteiger partial charge on any atom is 0.283 e. The molecule has 130 valence electrons. The molecule has 0 saturated heterocycles. The van der Waals surface area contributed by atoms with Gasteiger partial charge in [-0.2, -0.15) is 9.78 Å². The average molecular weight is 354 g/mol. The highest BCUT2D eigenvalue weighted by molar-refractivity contribution is 7.17. The van der Waals surface area contributed by atoms with Gasteiger partial charge in [0.15, 0.2) is 0 Å². The summed E-state index contributed by atoms with van der Waals surface area (Å²) in [5, 5.41) is 6.89. The molecule has 0 bridgehead atoms. The zero-order valence-electron chi connectivity index (χ0n) is 15.1. The van der Waals surface area contributed by atoms with Gasteiger partial charge in [-0.05, 0) is 24.0 Å². The molecule has 0 aliphatic rings. The van der Waals surface area contributed by atoms with Crippen LogP contribution in [0.5, 0.6) is 0 Å². The Morgan fingerprint density at radius 3 is 2.52 bits per heavy atom. The van der Waals surface area contributed by atoms with E-state index >= 15 is 0 Å². The molecule has 0 fully saturated rings. The van der Waals surface area contributed by atoms with Crippen LogP contribution >= 0.6 is 11.3 Å². The number of benzene rings is 1. The molecule has 0 atom stereocenters. The maximum absolute atomic E-state index is 13.0. The van der Waals surface area contributed by atoms with Crippen LogP contribution in [0, 0.1) is 6.92 Å². The molecular formula is C19H22N4OS. The number of hydrogen-bond acceptors (Lipinski definition) is 4. The lowest BCUT2D eigenvalue weighted by Gasteiger charge is -2.08. The van der Waals surface area contributed by atoms with E-state index in [0.29, 0.717) is 17.1 Å². The van der Waals surface area contributed by atoms with Gasteiger partial charge >= 0.3 is 0 Å². The number of aryl methyl sites for hydroxylation is 1. The SMILES string of the molecule is Cc1nc2scc(-c3ccc(C(C)C)cc3)c2c(=O)n1/N=C\N(C)C. The molecular weight excluding hydrogens is 332 g/mol. The normalized spacial score (nSPS) is 11.8. The van der Waals surface area contributed by atoms with E-state index in [-0.39, 0.29) is 5.56 Å². The molecule has 2 heterocycles. The van der Waals surface area contributed by atoms with Gasteiger partial charge < -0.3 is 4.90 Å². The van der Waals surface area contributed by atoms with E-state index in [1.54, 1.807) is 18.2 Å². The van der Waals surface area contributed by atoms with Crippen LogP contribution in [0.1, 0.15) is 31.2 Å². The highest BCUT2D eigenvalue weighted by Crippen LogP contribution is 2.31. The molecule has 3 aromatic rings. The Balaban J connectivity index is 2.17. The summed E-state index contributed by atoms with van der Waals surface area (Å²) in [6, 6.07) is 8.38. The second kappa shape index (κ2) is 6.80. The molecule has 0 unspecified atom stereocenters. The van der Waals surface area contributed by atoms with Crippen LogP contribution in [0.2, 0.25) is 0 Å². The first kappa shape index (κ1) is 17.4. The number of aromatic nitrogens is 2. The van der Waals surface area contributed by atoms with Crippen molar-refractivity contribution >= 4 is 27.9 Å². The van der Waals surface area contributed by atoms with Crippen LogP contribution in [-0.2, 0) is 0 Å². The maximum atomic E-state index is 13.0. The lowest BCUT2D eigenvalue weighted by atomic mass is 9.99. The Morgan fingerprint density at radius 1 is 1.24 bits per heavy atom. The molecule has 6 heteroatoms. The Morgan fingerprint density at radius 2 is 1.92 bits per heavy atom. The van der Waals surface area contributed by atoms with Gasteiger partial charge in [-0.25, -0.2) is 4.98 Å². The highest BCUT2D eigenvalue weighted by Gasteiger charge is 2.15. The average Bonchev–Trinajstić information content (AvgIpc) is 2.98. The monoisotopic (exact) mass is 354 g/mol. The fourth-order valence-corrected chi connectivity index (χ4v) is 3.62. The lowest BCUT2D eigenvalue weighted by molar-refractivity contribution is 0.626. The van der Waals surface area contributed by atoms with E-state index in [1.807, 2.05) is 19.5 Å². The minimum Gasteiger partial charge on any atom is -0.367 e. The molecule has 3 rings (SSSR count). The van der Waals surface area contributed by atoms with Crippen molar-refractivity contribution in [2.75, 3.05) is 14.1 Å². The number of hydrogen-bond donors (Lipinski definition) is 0. The first-order chi connectivity index (χ1) is 11.9. The van der Waals surface area contributed by atoms with Gasteiger partial charge in [0.2, 0.25) is 0 Å². The zero-order chi connectivity index (χ0) is 18.1. The topological polar surface area (TPSA) is 50.5 Å². The van der Waals surface area contributed by atoms with Gasteiger partial charge in [-0.3, -0.25) is 4.79 Å². The van der Waals surface area contributed by atoms with Crippen molar-refractivity contribution in [3.05, 3.63) is 51.4 Å². The fourth-order valence-electron chi connectivity index (χ4n) is 2.63. The molecule has 25 heavy (non-hydrogen) atoms. The molecule has 1 aromatic carbocycles. The zero-order valence-corrected chi connectivity index (χ0v) is 16.0. The number of thiophene rings is 1. The lowest BCUT2D eigenvalue weighted by Crippen LogP contribution is -2.22. The Hall–Kier alpha value is -2.47. The third kappa shape index (κ3) is 3.35. The molecule has 5 nitrogen and oxygen atoms in total. The molecule has 0 aliphatic carbocycles. The standard InChI is InChI=1S/C19H22N4OS/c1-12(2)14-6-8-15(9-7-14)16-10-25-18-17(16)19(24)23(13(3)21-18)20-11-22(4)5/h6-12H,1-5H3/b20-11-. The van der Waals surface area contributed by atoms with Crippen LogP contribution in [0.4, 0.5) is 0 Å². The minimum atomic E-state index is -0.134. The van der Waals surface area contributed by atoms with Crippen molar-refractivity contribution in [2.24, 2.45) is 5.10 Å². The third-order valence-electron chi connectivity index (χ3n) is 4.03. The quantitative estimate of drug-likeness (QED) is 0.527. The Bertz CT molecular complexity index is 981. The van der Waals surface area contributed by atoms with E-state index in [1.165, 1.54) is 21.6 Å². The molecule has 0 N–H and O–H groups in total. The molecule has 2 aromatic heterocycles. The summed E-state index contributed by atoms with van der Waals surface area (Å²) < 4.78 is 1.36. The summed E-state index contributed by atoms with van der Waals surface area (Å²) in [4.78, 5) is 20.1. The largest absolute Gasteiger partial charge is 0.367 e. The van der Waals surface area contributed by atoms with Gasteiger partial charge in [0.25, 0.3) is 5.56 Å². The summed E-state index contributed by atoms with van der Waals surface area (Å²) in [6.07, 6.45) is 1.60. The number of rotatable bonds is 4. The van der Waals surface area contributed by atoms with Crippen LogP contribution in [0.15, 0.2) is 39.5 Å². The van der Waals surface area contributed by atoms with Crippen molar-refractivity contribution < 1.29 is 0 Å². The predicted octanol–water partition coefficient (Wildman–Crippen LogP) is 3.91. The van der Waals surface area contributed by atoms with E-state index in [4.69, 9.17) is 0 Å². The van der Waals surface area contributed by atoms with Crippen molar-refractivity contribution in [1.82, 2.24) is 14.6 Å². The Kier molecular flexibility index (Phi) is 4.72. The van der Waals surface area contributed by atoms with Gasteiger partial charge in [0, 0.05) is 25.0 Å². The van der Waals surface area contributed by atoms with E-state index in [2.05, 4.69) is 48.2 Å². The van der Waals surface area contributed by atoms with Crippen LogP contribution in [0.3, 0.4) is 0 Å². The molecule has 0 saturated carbocycles. The van der Waals surface area contributed by atoms with Gasteiger partial charge in [0.05, 0.1) is 5.39 Å². The summed E-state index contributed by atoms with van der Waals surface area (Å²) in [5.74, 6) is 1.06. The molecule has 0 spiro atoms. The van der Waals surface area contributed by atoms with Crippen LogP contribution in [0.25, 0.3) is 21.3 Å². The second-order valence-electron chi connectivity index (χ2n) is 6.58. The Labute approximate surface area is 151 Å². The van der Waals surface area contributed by atoms with Gasteiger partial charge in [0.1, 0.15) is 17.0 Å². The fraction of sp³-hybridized carbons (Fsp3) is 0.316. The molecule has 0 aliphatic heterocycles. The van der Waals surface area contributed by atoms with Crippen molar-refractivity contribution in [2.45, 2.75) is 26.7 Å². The first-order valence-corrected chi connectivity index (χ1v) is 9.08. The summed E-state index contributed by atoms with van der Waals surface area (Å²) in [7, 11) is 3.73. The van der Waals surface area contributed by atoms with Crippen molar-refractivity contribution in [3.8, 4) is 11.1 Å². The highest BCUT2D eigenvalue weighted by atomic mass is 32.1. The summed E-state index contributed by atoms with van der Waals surface area (Å²) >= 11 is 1.49. The summed E-state index contributed by atoms with van der Waals surface area (Å²) in [6.45, 7) is 6.14. The summed E-state index contributed by atoms with van der Waals surface area (Å²) in [5.41, 5.74) is 3.10. The minimum absolute atomic E-state index is 0.134. The van der Waals surface area contributed by atoms with Crippen molar-refractivity contribution in [1.29, 1.82) is 0 Å². The van der Waals surface area contributed by atoms with Gasteiger partial charge in [-0.1, -0.05) is 38.1 Å². The number of nitrogens with zero attached hydrogens (tertiary/aromatic N) is 4. The van der Waals surface area contributed by atoms with E-state index < -0.39 is 0 Å². The van der Waals surface area contributed by atoms with Crippen molar-refractivity contribution in [3.63, 3.8) is 0 Å². The van der Waals surface area contributed by atoms with Crippen LogP contribution in [-0.4, -0.2) is 35.0 Å². The van der Waals surface area contributed by atoms with E-state index in [0.717, 1.165) is 16.0 Å². The predicted molar refractivity (Wildman–Crippen MR) is 106 cm³/mol. The van der Waals surface area contributed by atoms with Crippen LogP contribution < -0.4 is 5.56 Å². The second-order valence-corrected chi connectivity index (χ2v) is 7.43. The number of fused-ring (bicyclic) bond motifs is 1. The third-order valence-corrected chi connectivity index (χ3v) is 4.91. The van der Waals surface area contributed by atoms with Gasteiger partial charge in [-0.15, -0.1) is 11.3 Å². The van der Waals surface area contributed by atoms with E-state index in [9.17, 15) is 4.79 Å². The smallest absolute Gasteiger partial charge is 0.283 e. The molecule has 0 radical (unpaired) electrons. The molecule has 0 amide bonds.